The molecular formula is C26H33BrClF2IN4O6. The molecule has 0 atom stereocenters. The van der Waals surface area contributed by atoms with Gasteiger partial charge in [-0.05, 0) is 74.9 Å². The molecule has 2 aliphatic rings. The number of halogens is 5. The van der Waals surface area contributed by atoms with E-state index in [9.17, 15) is 23.2 Å². The van der Waals surface area contributed by atoms with Crippen LogP contribution in [0.1, 0.15) is 59.2 Å². The Hall–Kier alpha value is -2.65. The van der Waals surface area contributed by atoms with Gasteiger partial charge in [-0.3, -0.25) is 14.4 Å². The van der Waals surface area contributed by atoms with E-state index in [0.29, 0.717) is 23.4 Å². The first-order valence-corrected chi connectivity index (χ1v) is 12.7. The molecule has 0 spiro atoms. The van der Waals surface area contributed by atoms with Gasteiger partial charge in [0.1, 0.15) is 17.2 Å². The summed E-state index contributed by atoms with van der Waals surface area (Å²) in [6.45, 7) is 0. The van der Waals surface area contributed by atoms with Crippen molar-refractivity contribution in [1.29, 1.82) is 0 Å². The molecule has 0 heterocycles. The summed E-state index contributed by atoms with van der Waals surface area (Å²) >= 11 is 3.10. The summed E-state index contributed by atoms with van der Waals surface area (Å²) in [5, 5.41) is 16.4. The first-order chi connectivity index (χ1) is 18.4. The standard InChI is InChI=1S/C12H15FN2O.C8H7BrFNO.C5H9NO2.CO2.ClH.HI/c1-14-12(16)10-6-5-9(7-11(10)13)15-8-3-2-4-8;1-11-8(12)6-3-2-5(9)4-7(6)10;6-5(4(7)8)2-1-3-5;2-1-3;;/h5-8,15H,2-4H2,1H3,(H,14,16);2-4H,1H3,(H,11,12);1-3,6H2,(H,7,8);;2*1H. The van der Waals surface area contributed by atoms with Gasteiger partial charge >= 0.3 is 12.1 Å². The molecule has 0 saturated heterocycles. The lowest BCUT2D eigenvalue weighted by Crippen LogP contribution is -2.53. The fourth-order valence-corrected chi connectivity index (χ4v) is 3.62. The third kappa shape index (κ3) is 13.3. The molecule has 6 N–H and O–H groups in total. The lowest BCUT2D eigenvalue weighted by Gasteiger charge is -2.32. The van der Waals surface area contributed by atoms with Crippen molar-refractivity contribution in [3.05, 3.63) is 63.6 Å². The van der Waals surface area contributed by atoms with Crippen LogP contribution in [0.2, 0.25) is 0 Å². The highest BCUT2D eigenvalue weighted by molar-refractivity contribution is 14.0. The van der Waals surface area contributed by atoms with Gasteiger partial charge in [0.05, 0.1) is 11.1 Å². The average molecular weight is 778 g/mol. The number of nitrogens with two attached hydrogens (primary N) is 1. The molecule has 2 amide bonds. The molecule has 2 fully saturated rings. The van der Waals surface area contributed by atoms with E-state index >= 15 is 0 Å². The van der Waals surface area contributed by atoms with Gasteiger partial charge in [0, 0.05) is 30.3 Å². The minimum Gasteiger partial charge on any atom is -0.480 e. The molecule has 2 aromatic carbocycles. The van der Waals surface area contributed by atoms with Gasteiger partial charge in [0.15, 0.2) is 0 Å². The van der Waals surface area contributed by atoms with Crippen molar-refractivity contribution in [2.45, 2.75) is 50.1 Å². The summed E-state index contributed by atoms with van der Waals surface area (Å²) in [7, 11) is 2.95. The van der Waals surface area contributed by atoms with Gasteiger partial charge < -0.3 is 26.8 Å². The number of nitrogens with one attached hydrogen (secondary N) is 3. The Morgan fingerprint density at radius 2 is 1.41 bits per heavy atom. The first-order valence-electron chi connectivity index (χ1n) is 11.9. The van der Waals surface area contributed by atoms with Crippen molar-refractivity contribution in [3.63, 3.8) is 0 Å². The monoisotopic (exact) mass is 776 g/mol. The lowest BCUT2D eigenvalue weighted by atomic mass is 9.78. The number of rotatable bonds is 5. The molecular weight excluding hydrogens is 745 g/mol. The largest absolute Gasteiger partial charge is 0.480 e. The predicted octanol–water partition coefficient (Wildman–Crippen LogP) is 4.51. The molecule has 0 aliphatic heterocycles. The second-order valence-electron chi connectivity index (χ2n) is 8.65. The number of carboxylic acids is 1. The molecule has 0 unspecified atom stereocenters. The second kappa shape index (κ2) is 20.3. The number of carbonyl (C=O) groups is 3. The van der Waals surface area contributed by atoms with Crippen molar-refractivity contribution in [3.8, 4) is 0 Å². The van der Waals surface area contributed by atoms with Gasteiger partial charge in [-0.15, -0.1) is 36.4 Å². The number of anilines is 1. The van der Waals surface area contributed by atoms with Crippen molar-refractivity contribution in [2.75, 3.05) is 19.4 Å². The van der Waals surface area contributed by atoms with E-state index in [0.717, 1.165) is 24.9 Å². The van der Waals surface area contributed by atoms with Gasteiger partial charge in [0.2, 0.25) is 0 Å². The Morgan fingerprint density at radius 1 is 0.951 bits per heavy atom. The van der Waals surface area contributed by atoms with Crippen molar-refractivity contribution >= 4 is 81.9 Å². The molecule has 0 aromatic heterocycles. The third-order valence-electron chi connectivity index (χ3n) is 5.99. The quantitative estimate of drug-likeness (QED) is 0.277. The molecule has 15 heteroatoms. The van der Waals surface area contributed by atoms with E-state index in [1.54, 1.807) is 12.1 Å². The number of hydrogen-bond acceptors (Lipinski definition) is 7. The number of amides is 2. The molecule has 2 saturated carbocycles. The van der Waals surface area contributed by atoms with Crippen LogP contribution in [0.25, 0.3) is 0 Å². The van der Waals surface area contributed by atoms with Crippen LogP contribution in [0, 0.1) is 11.6 Å². The molecule has 2 aliphatic carbocycles. The van der Waals surface area contributed by atoms with Crippen LogP contribution in [0.3, 0.4) is 0 Å². The molecule has 41 heavy (non-hydrogen) atoms. The molecule has 4 rings (SSSR count). The molecule has 0 radical (unpaired) electrons. The number of aliphatic carboxylic acids is 1. The van der Waals surface area contributed by atoms with E-state index < -0.39 is 35.0 Å². The van der Waals surface area contributed by atoms with Crippen LogP contribution in [0.15, 0.2) is 40.9 Å². The van der Waals surface area contributed by atoms with E-state index in [4.69, 9.17) is 20.4 Å². The van der Waals surface area contributed by atoms with Gasteiger partial charge in [-0.25, -0.2) is 8.78 Å². The second-order valence-corrected chi connectivity index (χ2v) is 9.56. The van der Waals surface area contributed by atoms with E-state index in [2.05, 4.69) is 31.9 Å². The Labute approximate surface area is 268 Å². The Morgan fingerprint density at radius 3 is 1.71 bits per heavy atom. The predicted molar refractivity (Wildman–Crippen MR) is 165 cm³/mol. The van der Waals surface area contributed by atoms with Crippen LogP contribution in [-0.2, 0) is 14.4 Å². The van der Waals surface area contributed by atoms with Crippen LogP contribution in [-0.4, -0.2) is 54.7 Å². The van der Waals surface area contributed by atoms with Crippen LogP contribution >= 0.6 is 52.3 Å². The fraction of sp³-hybridized carbons (Fsp3) is 0.385. The minimum atomic E-state index is -0.861. The number of carbonyl (C=O) groups excluding carboxylic acids is 4. The Kier molecular flexibility index (Phi) is 20.0. The first kappa shape index (κ1) is 40.5. The summed E-state index contributed by atoms with van der Waals surface area (Å²) in [6.07, 6.45) is 6.00. The number of benzene rings is 2. The van der Waals surface area contributed by atoms with Crippen LogP contribution in [0.4, 0.5) is 14.5 Å². The highest BCUT2D eigenvalue weighted by atomic mass is 127. The molecule has 0 bridgehead atoms. The van der Waals surface area contributed by atoms with Gasteiger partial charge in [-0.1, -0.05) is 15.9 Å². The Bertz CT molecular complexity index is 1200. The minimum absolute atomic E-state index is 0. The molecule has 10 nitrogen and oxygen atoms in total. The highest BCUT2D eigenvalue weighted by Gasteiger charge is 2.39. The van der Waals surface area contributed by atoms with Crippen molar-refractivity contribution < 1.29 is 37.9 Å². The van der Waals surface area contributed by atoms with E-state index in [1.165, 1.54) is 44.8 Å². The highest BCUT2D eigenvalue weighted by Crippen LogP contribution is 2.28. The lowest BCUT2D eigenvalue weighted by molar-refractivity contribution is -0.191. The van der Waals surface area contributed by atoms with Crippen molar-refractivity contribution in [2.24, 2.45) is 5.73 Å². The summed E-state index contributed by atoms with van der Waals surface area (Å²) in [6, 6.07) is 9.39. The number of carboxylic acid groups (broad SMARTS) is 1. The Balaban J connectivity index is 0. The van der Waals surface area contributed by atoms with Crippen LogP contribution in [0.5, 0.6) is 0 Å². The summed E-state index contributed by atoms with van der Waals surface area (Å²) < 4.78 is 27.2. The number of hydrogen-bond donors (Lipinski definition) is 5. The SMILES string of the molecule is CNC(=O)c1ccc(Br)cc1F.CNC(=O)c1ccc(NC2CCC2)cc1F.Cl.I.NC1(C(=O)O)CCC1.O=C=O. The summed E-state index contributed by atoms with van der Waals surface area (Å²) in [5.74, 6) is -2.68. The molecule has 228 valence electrons. The average Bonchev–Trinajstić information content (AvgIpc) is 2.85. The zero-order chi connectivity index (χ0) is 29.6. The van der Waals surface area contributed by atoms with E-state index in [-0.39, 0.29) is 53.7 Å². The fourth-order valence-electron chi connectivity index (χ4n) is 3.29. The maximum absolute atomic E-state index is 13.6. The van der Waals surface area contributed by atoms with Gasteiger partial charge in [-0.2, -0.15) is 9.59 Å². The smallest absolute Gasteiger partial charge is 0.373 e. The zero-order valence-electron chi connectivity index (χ0n) is 22.3. The third-order valence-corrected chi connectivity index (χ3v) is 6.48. The maximum Gasteiger partial charge on any atom is 0.373 e. The summed E-state index contributed by atoms with van der Waals surface area (Å²) in [5.41, 5.74) is 5.37. The van der Waals surface area contributed by atoms with Crippen molar-refractivity contribution in [1.82, 2.24) is 10.6 Å². The normalized spacial score (nSPS) is 13.7. The van der Waals surface area contributed by atoms with Gasteiger partial charge in [0.25, 0.3) is 11.8 Å². The van der Waals surface area contributed by atoms with Crippen LogP contribution < -0.4 is 21.7 Å². The zero-order valence-corrected chi connectivity index (χ0v) is 27.0. The molecule has 2 aromatic rings. The summed E-state index contributed by atoms with van der Waals surface area (Å²) in [4.78, 5) is 48.7. The maximum atomic E-state index is 13.6. The topological polar surface area (TPSA) is 168 Å². The van der Waals surface area contributed by atoms with E-state index in [1.807, 2.05) is 0 Å².